The van der Waals surface area contributed by atoms with E-state index < -0.39 is 0 Å². The fourth-order valence-electron chi connectivity index (χ4n) is 1.84. The molecule has 1 fully saturated rings. The molecule has 1 aliphatic rings. The van der Waals surface area contributed by atoms with Gasteiger partial charge in [0.2, 0.25) is 0 Å². The van der Waals surface area contributed by atoms with Crippen LogP contribution in [0.25, 0.3) is 0 Å². The Morgan fingerprint density at radius 3 is 2.71 bits per heavy atom. The maximum atomic E-state index is 5.57. The Balaban J connectivity index is 0.00000144. The molecule has 1 aliphatic heterocycles. The van der Waals surface area contributed by atoms with Crippen molar-refractivity contribution in [1.82, 2.24) is 5.32 Å². The molecule has 0 spiro atoms. The summed E-state index contributed by atoms with van der Waals surface area (Å²) >= 11 is 0. The van der Waals surface area contributed by atoms with Gasteiger partial charge in [-0.2, -0.15) is 0 Å². The minimum Gasteiger partial charge on any atom is -0.491 e. The van der Waals surface area contributed by atoms with E-state index in [9.17, 15) is 0 Å². The van der Waals surface area contributed by atoms with Crippen molar-refractivity contribution in [3.05, 3.63) is 30.3 Å². The second-order valence-electron chi connectivity index (χ2n) is 4.10. The van der Waals surface area contributed by atoms with Gasteiger partial charge in [0.25, 0.3) is 0 Å². The van der Waals surface area contributed by atoms with Gasteiger partial charge in [-0.1, -0.05) is 18.2 Å². The zero-order valence-electron chi connectivity index (χ0n) is 9.93. The quantitative estimate of drug-likeness (QED) is 0.792. The molecule has 2 rings (SSSR count). The number of nitrogens with one attached hydrogen (secondary N) is 1. The van der Waals surface area contributed by atoms with Crippen LogP contribution >= 0.6 is 12.4 Å². The Bertz CT molecular complexity index is 289. The van der Waals surface area contributed by atoms with Gasteiger partial charge >= 0.3 is 0 Å². The van der Waals surface area contributed by atoms with Crippen LogP contribution < -0.4 is 10.1 Å². The van der Waals surface area contributed by atoms with Gasteiger partial charge in [-0.15, -0.1) is 12.4 Å². The molecule has 1 aromatic rings. The van der Waals surface area contributed by atoms with Crippen LogP contribution in [-0.2, 0) is 4.74 Å². The van der Waals surface area contributed by atoms with E-state index in [2.05, 4.69) is 5.32 Å². The highest BCUT2D eigenvalue weighted by atomic mass is 35.5. The molecule has 0 radical (unpaired) electrons. The molecule has 1 heterocycles. The molecule has 0 aromatic heterocycles. The lowest BCUT2D eigenvalue weighted by Crippen LogP contribution is -2.16. The summed E-state index contributed by atoms with van der Waals surface area (Å²) in [5, 5.41) is 3.33. The Labute approximate surface area is 109 Å². The first kappa shape index (κ1) is 14.3. The summed E-state index contributed by atoms with van der Waals surface area (Å²) in [6.07, 6.45) is 1.24. The summed E-state index contributed by atoms with van der Waals surface area (Å²) in [5.41, 5.74) is 0. The van der Waals surface area contributed by atoms with Gasteiger partial charge in [0.05, 0.1) is 13.2 Å². The van der Waals surface area contributed by atoms with E-state index in [1.807, 2.05) is 30.3 Å². The van der Waals surface area contributed by atoms with E-state index in [0.29, 0.717) is 19.1 Å². The molecule has 3 nitrogen and oxygen atoms in total. The topological polar surface area (TPSA) is 30.5 Å². The van der Waals surface area contributed by atoms with Crippen LogP contribution in [0.1, 0.15) is 6.42 Å². The van der Waals surface area contributed by atoms with E-state index in [-0.39, 0.29) is 12.4 Å². The molecule has 1 N–H and O–H groups in total. The molecule has 4 heteroatoms. The highest BCUT2D eigenvalue weighted by Gasteiger charge is 2.13. The van der Waals surface area contributed by atoms with Gasteiger partial charge in [0.15, 0.2) is 0 Å². The molecule has 0 saturated carbocycles. The highest BCUT2D eigenvalue weighted by Crippen LogP contribution is 2.09. The van der Waals surface area contributed by atoms with E-state index >= 15 is 0 Å². The van der Waals surface area contributed by atoms with Crippen LogP contribution in [-0.4, -0.2) is 32.9 Å². The van der Waals surface area contributed by atoms with Crippen molar-refractivity contribution >= 4 is 12.4 Å². The average molecular weight is 258 g/mol. The Hall–Kier alpha value is -0.770. The van der Waals surface area contributed by atoms with Crippen LogP contribution in [0.3, 0.4) is 0 Å². The van der Waals surface area contributed by atoms with Crippen LogP contribution in [0.15, 0.2) is 30.3 Å². The summed E-state index contributed by atoms with van der Waals surface area (Å²) in [6.45, 7) is 4.38. The van der Waals surface area contributed by atoms with Crippen LogP contribution in [0.4, 0.5) is 0 Å². The Kier molecular flexibility index (Phi) is 7.01. The minimum absolute atomic E-state index is 0. The molecular formula is C13H20ClNO2. The first-order valence-corrected chi connectivity index (χ1v) is 5.91. The second-order valence-corrected chi connectivity index (χ2v) is 4.10. The van der Waals surface area contributed by atoms with E-state index in [1.54, 1.807) is 0 Å². The number of benzene rings is 1. The monoisotopic (exact) mass is 257 g/mol. The van der Waals surface area contributed by atoms with Crippen LogP contribution in [0, 0.1) is 5.92 Å². The molecule has 0 amide bonds. The maximum absolute atomic E-state index is 5.57. The zero-order chi connectivity index (χ0) is 11.1. The molecule has 1 atom stereocenters. The number of hydrogen-bond donors (Lipinski definition) is 1. The molecule has 0 aliphatic carbocycles. The molecular weight excluding hydrogens is 238 g/mol. The third kappa shape index (κ3) is 5.39. The van der Waals surface area contributed by atoms with Crippen molar-refractivity contribution in [2.24, 2.45) is 5.92 Å². The van der Waals surface area contributed by atoms with Crippen molar-refractivity contribution < 1.29 is 9.47 Å². The molecule has 1 saturated heterocycles. The first-order valence-electron chi connectivity index (χ1n) is 5.91. The van der Waals surface area contributed by atoms with E-state index in [4.69, 9.17) is 9.47 Å². The number of hydrogen-bond acceptors (Lipinski definition) is 3. The largest absolute Gasteiger partial charge is 0.491 e. The molecule has 17 heavy (non-hydrogen) atoms. The number of ether oxygens (including phenoxy) is 2. The summed E-state index contributed by atoms with van der Waals surface area (Å²) < 4.78 is 11.1. The SMILES string of the molecule is Cl.c1ccc(OCCOCC2CCNC2)cc1. The standard InChI is InChI=1S/C13H19NO2.ClH/c1-2-4-13(5-3-1)16-9-8-15-11-12-6-7-14-10-12;/h1-5,12,14H,6-11H2;1H. The van der Waals surface area contributed by atoms with Crippen molar-refractivity contribution in [2.75, 3.05) is 32.9 Å². The second kappa shape index (κ2) is 8.34. The zero-order valence-corrected chi connectivity index (χ0v) is 10.7. The number of halogens is 1. The molecule has 1 unspecified atom stereocenters. The summed E-state index contributed by atoms with van der Waals surface area (Å²) in [4.78, 5) is 0. The smallest absolute Gasteiger partial charge is 0.119 e. The minimum atomic E-state index is 0. The highest BCUT2D eigenvalue weighted by molar-refractivity contribution is 5.85. The average Bonchev–Trinajstić information content (AvgIpc) is 2.83. The van der Waals surface area contributed by atoms with Crippen molar-refractivity contribution in [3.8, 4) is 5.75 Å². The summed E-state index contributed by atoms with van der Waals surface area (Å²) in [6, 6.07) is 9.85. The van der Waals surface area contributed by atoms with Gasteiger partial charge in [-0.05, 0) is 31.0 Å². The molecule has 1 aromatic carbocycles. The Morgan fingerprint density at radius 1 is 1.18 bits per heavy atom. The fourth-order valence-corrected chi connectivity index (χ4v) is 1.84. The Morgan fingerprint density at radius 2 is 2.00 bits per heavy atom. The van der Waals surface area contributed by atoms with Crippen LogP contribution in [0.2, 0.25) is 0 Å². The molecule has 96 valence electrons. The lowest BCUT2D eigenvalue weighted by Gasteiger charge is -2.10. The lowest BCUT2D eigenvalue weighted by atomic mass is 10.1. The van der Waals surface area contributed by atoms with Gasteiger partial charge in [-0.3, -0.25) is 0 Å². The predicted molar refractivity (Wildman–Crippen MR) is 71.0 cm³/mol. The normalized spacial score (nSPS) is 18.7. The van der Waals surface area contributed by atoms with Gasteiger partial charge in [0.1, 0.15) is 12.4 Å². The number of para-hydroxylation sites is 1. The van der Waals surface area contributed by atoms with E-state index in [0.717, 1.165) is 25.4 Å². The van der Waals surface area contributed by atoms with Gasteiger partial charge in [-0.25, -0.2) is 0 Å². The predicted octanol–water partition coefficient (Wildman–Crippen LogP) is 2.11. The summed E-state index contributed by atoms with van der Waals surface area (Å²) in [5.74, 6) is 1.60. The van der Waals surface area contributed by atoms with Crippen LogP contribution in [0.5, 0.6) is 5.75 Å². The van der Waals surface area contributed by atoms with E-state index in [1.165, 1.54) is 6.42 Å². The lowest BCUT2D eigenvalue weighted by molar-refractivity contribution is 0.0783. The first-order chi connectivity index (χ1) is 7.95. The van der Waals surface area contributed by atoms with Gasteiger partial charge in [0, 0.05) is 6.54 Å². The third-order valence-corrected chi connectivity index (χ3v) is 2.76. The number of rotatable bonds is 6. The van der Waals surface area contributed by atoms with Crippen molar-refractivity contribution in [1.29, 1.82) is 0 Å². The third-order valence-electron chi connectivity index (χ3n) is 2.76. The van der Waals surface area contributed by atoms with Gasteiger partial charge < -0.3 is 14.8 Å². The molecule has 0 bridgehead atoms. The summed E-state index contributed by atoms with van der Waals surface area (Å²) in [7, 11) is 0. The van der Waals surface area contributed by atoms with Crippen molar-refractivity contribution in [3.63, 3.8) is 0 Å². The maximum Gasteiger partial charge on any atom is 0.119 e. The fraction of sp³-hybridized carbons (Fsp3) is 0.538. The van der Waals surface area contributed by atoms with Crippen molar-refractivity contribution in [2.45, 2.75) is 6.42 Å².